The summed E-state index contributed by atoms with van der Waals surface area (Å²) in [7, 11) is 1.50. The fourth-order valence-corrected chi connectivity index (χ4v) is 1.93. The Hall–Kier alpha value is -1.95. The summed E-state index contributed by atoms with van der Waals surface area (Å²) in [4.78, 5) is 26.8. The molecule has 0 atom stereocenters. The zero-order valence-electron chi connectivity index (χ0n) is 9.42. The van der Waals surface area contributed by atoms with E-state index in [1.807, 2.05) is 6.07 Å². The normalized spacial score (nSPS) is 10.3. The second kappa shape index (κ2) is 4.73. The van der Waals surface area contributed by atoms with E-state index in [2.05, 4.69) is 20.9 Å². The molecule has 0 aliphatic heterocycles. The van der Waals surface area contributed by atoms with Crippen LogP contribution in [0.3, 0.4) is 0 Å². The standard InChI is InChI=1S/C12H9BrN2O3/c1-15-6-9(12(17)18)14-10(11(15)16)7-3-2-4-8(13)5-7/h2-6H,1H3,(H,17,18). The number of nitrogens with zero attached hydrogens (tertiary/aromatic N) is 2. The maximum atomic E-state index is 11.9. The number of benzene rings is 1. The summed E-state index contributed by atoms with van der Waals surface area (Å²) in [6.45, 7) is 0. The minimum atomic E-state index is -1.16. The zero-order chi connectivity index (χ0) is 13.3. The van der Waals surface area contributed by atoms with Crippen LogP contribution in [0.5, 0.6) is 0 Å². The molecule has 0 saturated heterocycles. The van der Waals surface area contributed by atoms with Crippen molar-refractivity contribution in [3.8, 4) is 11.3 Å². The van der Waals surface area contributed by atoms with Gasteiger partial charge in [-0.25, -0.2) is 9.78 Å². The highest BCUT2D eigenvalue weighted by molar-refractivity contribution is 9.10. The van der Waals surface area contributed by atoms with Gasteiger partial charge in [0.05, 0.1) is 0 Å². The van der Waals surface area contributed by atoms with Crippen LogP contribution in [0.2, 0.25) is 0 Å². The number of aromatic carboxylic acids is 1. The van der Waals surface area contributed by atoms with Crippen molar-refractivity contribution < 1.29 is 9.90 Å². The Balaban J connectivity index is 2.71. The lowest BCUT2D eigenvalue weighted by Gasteiger charge is -2.05. The van der Waals surface area contributed by atoms with Crippen LogP contribution in [0.1, 0.15) is 10.5 Å². The van der Waals surface area contributed by atoms with Crippen molar-refractivity contribution in [1.82, 2.24) is 9.55 Å². The van der Waals surface area contributed by atoms with E-state index in [1.54, 1.807) is 18.2 Å². The maximum absolute atomic E-state index is 11.9. The van der Waals surface area contributed by atoms with Crippen molar-refractivity contribution in [3.63, 3.8) is 0 Å². The molecule has 0 radical (unpaired) electrons. The van der Waals surface area contributed by atoms with Gasteiger partial charge in [-0.2, -0.15) is 0 Å². The summed E-state index contributed by atoms with van der Waals surface area (Å²) in [6.07, 6.45) is 1.20. The number of hydrogen-bond acceptors (Lipinski definition) is 3. The molecule has 5 nitrogen and oxygen atoms in total. The molecule has 92 valence electrons. The number of rotatable bonds is 2. The molecule has 1 aromatic carbocycles. The number of carboxylic acid groups (broad SMARTS) is 1. The summed E-state index contributed by atoms with van der Waals surface area (Å²) in [5.41, 5.74) is 0.206. The van der Waals surface area contributed by atoms with Gasteiger partial charge >= 0.3 is 5.97 Å². The molecule has 0 saturated carbocycles. The van der Waals surface area contributed by atoms with Crippen molar-refractivity contribution in [2.24, 2.45) is 7.05 Å². The van der Waals surface area contributed by atoms with Crippen LogP contribution < -0.4 is 5.56 Å². The summed E-state index contributed by atoms with van der Waals surface area (Å²) < 4.78 is 2.01. The molecule has 1 heterocycles. The lowest BCUT2D eigenvalue weighted by Crippen LogP contribution is -2.22. The molecule has 0 unspecified atom stereocenters. The van der Waals surface area contributed by atoms with Crippen LogP contribution in [-0.4, -0.2) is 20.6 Å². The van der Waals surface area contributed by atoms with Crippen molar-refractivity contribution in [2.75, 3.05) is 0 Å². The van der Waals surface area contributed by atoms with Crippen LogP contribution >= 0.6 is 15.9 Å². The lowest BCUT2D eigenvalue weighted by molar-refractivity contribution is 0.0689. The van der Waals surface area contributed by atoms with Crippen molar-refractivity contribution in [2.45, 2.75) is 0 Å². The van der Waals surface area contributed by atoms with Crippen molar-refractivity contribution in [1.29, 1.82) is 0 Å². The molecule has 2 rings (SSSR count). The zero-order valence-corrected chi connectivity index (χ0v) is 11.0. The first kappa shape index (κ1) is 12.5. The number of carbonyl (C=O) groups is 1. The van der Waals surface area contributed by atoms with Gasteiger partial charge < -0.3 is 9.67 Å². The summed E-state index contributed by atoms with van der Waals surface area (Å²) in [5.74, 6) is -1.16. The highest BCUT2D eigenvalue weighted by Gasteiger charge is 2.13. The van der Waals surface area contributed by atoms with Gasteiger partial charge in [0.1, 0.15) is 5.69 Å². The first-order valence-corrected chi connectivity index (χ1v) is 5.85. The van der Waals surface area contributed by atoms with Gasteiger partial charge in [0, 0.05) is 23.3 Å². The van der Waals surface area contributed by atoms with Crippen LogP contribution in [0.15, 0.2) is 39.7 Å². The van der Waals surface area contributed by atoms with E-state index < -0.39 is 5.97 Å². The quantitative estimate of drug-likeness (QED) is 0.920. The Morgan fingerprint density at radius 3 is 2.78 bits per heavy atom. The summed E-state index contributed by atoms with van der Waals surface area (Å²) in [6, 6.07) is 7.00. The fraction of sp³-hybridized carbons (Fsp3) is 0.0833. The van der Waals surface area contributed by atoms with Gasteiger partial charge in [-0.3, -0.25) is 4.79 Å². The molecule has 0 spiro atoms. The molecule has 0 bridgehead atoms. The monoisotopic (exact) mass is 308 g/mol. The molecule has 0 aliphatic carbocycles. The van der Waals surface area contributed by atoms with Crippen molar-refractivity contribution in [3.05, 3.63) is 51.0 Å². The smallest absolute Gasteiger partial charge is 0.356 e. The van der Waals surface area contributed by atoms with E-state index in [1.165, 1.54) is 17.8 Å². The van der Waals surface area contributed by atoms with Gasteiger partial charge in [-0.15, -0.1) is 0 Å². The van der Waals surface area contributed by atoms with Crippen molar-refractivity contribution >= 4 is 21.9 Å². The number of hydrogen-bond donors (Lipinski definition) is 1. The molecule has 1 N–H and O–H groups in total. The van der Waals surface area contributed by atoms with Crippen LogP contribution in [0, 0.1) is 0 Å². The van der Waals surface area contributed by atoms with E-state index in [9.17, 15) is 9.59 Å². The Morgan fingerprint density at radius 2 is 2.17 bits per heavy atom. The number of aromatic nitrogens is 2. The Morgan fingerprint density at radius 1 is 1.44 bits per heavy atom. The molecule has 18 heavy (non-hydrogen) atoms. The van der Waals surface area contributed by atoms with E-state index in [-0.39, 0.29) is 16.9 Å². The average molecular weight is 309 g/mol. The molecule has 6 heteroatoms. The van der Waals surface area contributed by atoms with E-state index in [0.29, 0.717) is 5.56 Å². The Bertz CT molecular complexity index is 679. The predicted octanol–water partition coefficient (Wildman–Crippen LogP) is 1.91. The molecule has 1 aromatic heterocycles. The maximum Gasteiger partial charge on any atom is 0.356 e. The second-order valence-electron chi connectivity index (χ2n) is 3.71. The number of aryl methyl sites for hydroxylation is 1. The fourth-order valence-electron chi connectivity index (χ4n) is 1.53. The van der Waals surface area contributed by atoms with Crippen LogP contribution in [-0.2, 0) is 7.05 Å². The minimum absolute atomic E-state index is 0.124. The summed E-state index contributed by atoms with van der Waals surface area (Å²) in [5, 5.41) is 8.94. The topological polar surface area (TPSA) is 72.2 Å². The number of halogens is 1. The number of carboxylic acids is 1. The van der Waals surface area contributed by atoms with Gasteiger partial charge in [-0.1, -0.05) is 28.1 Å². The summed E-state index contributed by atoms with van der Waals surface area (Å²) >= 11 is 3.30. The largest absolute Gasteiger partial charge is 0.476 e. The van der Waals surface area contributed by atoms with Gasteiger partial charge in [0.25, 0.3) is 5.56 Å². The van der Waals surface area contributed by atoms with Crippen LogP contribution in [0.4, 0.5) is 0 Å². The third kappa shape index (κ3) is 2.33. The Kier molecular flexibility index (Phi) is 3.29. The Labute approximate surface area is 111 Å². The predicted molar refractivity (Wildman–Crippen MR) is 69.6 cm³/mol. The van der Waals surface area contributed by atoms with E-state index in [0.717, 1.165) is 4.47 Å². The van der Waals surface area contributed by atoms with Gasteiger partial charge in [0.15, 0.2) is 5.69 Å². The third-order valence-corrected chi connectivity index (χ3v) is 2.88. The van der Waals surface area contributed by atoms with E-state index in [4.69, 9.17) is 5.11 Å². The van der Waals surface area contributed by atoms with Gasteiger partial charge in [0.2, 0.25) is 0 Å². The third-order valence-electron chi connectivity index (χ3n) is 2.39. The highest BCUT2D eigenvalue weighted by atomic mass is 79.9. The second-order valence-corrected chi connectivity index (χ2v) is 4.62. The molecule has 0 amide bonds. The molecule has 2 aromatic rings. The molecule has 0 aliphatic rings. The molecular weight excluding hydrogens is 300 g/mol. The molecule has 0 fully saturated rings. The SMILES string of the molecule is Cn1cc(C(=O)O)nc(-c2cccc(Br)c2)c1=O. The average Bonchev–Trinajstić information content (AvgIpc) is 2.32. The first-order chi connectivity index (χ1) is 8.49. The van der Waals surface area contributed by atoms with Crippen LogP contribution in [0.25, 0.3) is 11.3 Å². The first-order valence-electron chi connectivity index (χ1n) is 5.06. The lowest BCUT2D eigenvalue weighted by atomic mass is 10.1. The highest BCUT2D eigenvalue weighted by Crippen LogP contribution is 2.18. The minimum Gasteiger partial charge on any atom is -0.476 e. The van der Waals surface area contributed by atoms with Gasteiger partial charge in [-0.05, 0) is 12.1 Å². The van der Waals surface area contributed by atoms with E-state index >= 15 is 0 Å². The molecular formula is C12H9BrN2O3.